The number of rotatable bonds is 3. The first kappa shape index (κ1) is 16.3. The Balaban J connectivity index is 1.79. The minimum absolute atomic E-state index is 0.250. The number of thioether (sulfide) groups is 1. The standard InChI is InChI=1S/C17H11BrClNO2S/c18-13-5-1-11(2-6-13)9-15-16(21)20(17(22)23-15)10-12-3-7-14(19)8-4-12/h1-9H,10H2/b15-9+. The second-order valence-electron chi connectivity index (χ2n) is 4.95. The Morgan fingerprint density at radius 2 is 1.70 bits per heavy atom. The molecule has 0 aliphatic carbocycles. The van der Waals surface area contributed by atoms with E-state index in [4.69, 9.17) is 11.6 Å². The van der Waals surface area contributed by atoms with Crippen LogP contribution in [0.5, 0.6) is 0 Å². The number of amides is 2. The fourth-order valence-electron chi connectivity index (χ4n) is 2.12. The first-order chi connectivity index (χ1) is 11.0. The summed E-state index contributed by atoms with van der Waals surface area (Å²) in [6.45, 7) is 0.250. The third-order valence-corrected chi connectivity index (χ3v) is 4.98. The van der Waals surface area contributed by atoms with Gasteiger partial charge < -0.3 is 0 Å². The van der Waals surface area contributed by atoms with E-state index in [2.05, 4.69) is 15.9 Å². The Morgan fingerprint density at radius 3 is 2.35 bits per heavy atom. The van der Waals surface area contributed by atoms with Gasteiger partial charge in [-0.2, -0.15) is 0 Å². The van der Waals surface area contributed by atoms with Crippen LogP contribution < -0.4 is 0 Å². The van der Waals surface area contributed by atoms with Crippen molar-refractivity contribution in [3.63, 3.8) is 0 Å². The number of imide groups is 1. The third kappa shape index (κ3) is 3.86. The van der Waals surface area contributed by atoms with Gasteiger partial charge in [0.05, 0.1) is 11.4 Å². The van der Waals surface area contributed by atoms with Gasteiger partial charge in [-0.1, -0.05) is 51.8 Å². The molecule has 0 radical (unpaired) electrons. The molecule has 0 aromatic heterocycles. The van der Waals surface area contributed by atoms with Crippen molar-refractivity contribution in [1.29, 1.82) is 0 Å². The molecule has 1 fully saturated rings. The highest BCUT2D eigenvalue weighted by molar-refractivity contribution is 9.10. The maximum absolute atomic E-state index is 12.4. The van der Waals surface area contributed by atoms with Crippen molar-refractivity contribution in [2.45, 2.75) is 6.54 Å². The van der Waals surface area contributed by atoms with Crippen LogP contribution in [0.4, 0.5) is 4.79 Å². The van der Waals surface area contributed by atoms with Crippen molar-refractivity contribution < 1.29 is 9.59 Å². The third-order valence-electron chi connectivity index (χ3n) is 3.30. The summed E-state index contributed by atoms with van der Waals surface area (Å²) in [5, 5.41) is 0.367. The largest absolute Gasteiger partial charge is 0.293 e. The smallest absolute Gasteiger partial charge is 0.268 e. The van der Waals surface area contributed by atoms with Gasteiger partial charge in [0.1, 0.15) is 0 Å². The minimum Gasteiger partial charge on any atom is -0.268 e. The maximum Gasteiger partial charge on any atom is 0.293 e. The fourth-order valence-corrected chi connectivity index (χ4v) is 3.35. The molecule has 1 saturated heterocycles. The van der Waals surface area contributed by atoms with Crippen LogP contribution in [0.1, 0.15) is 11.1 Å². The van der Waals surface area contributed by atoms with Gasteiger partial charge in [0.15, 0.2) is 0 Å². The van der Waals surface area contributed by atoms with Gasteiger partial charge in [-0.3, -0.25) is 14.5 Å². The Bertz CT molecular complexity index is 787. The molecule has 0 bridgehead atoms. The highest BCUT2D eigenvalue weighted by Gasteiger charge is 2.34. The zero-order valence-electron chi connectivity index (χ0n) is 11.8. The van der Waals surface area contributed by atoms with Crippen LogP contribution in [0.3, 0.4) is 0 Å². The molecule has 0 unspecified atom stereocenters. The normalized spacial score (nSPS) is 16.4. The van der Waals surface area contributed by atoms with Crippen molar-refractivity contribution in [3.8, 4) is 0 Å². The van der Waals surface area contributed by atoms with E-state index < -0.39 is 0 Å². The van der Waals surface area contributed by atoms with Gasteiger partial charge in [0, 0.05) is 9.50 Å². The SMILES string of the molecule is O=C1S/C(=C/c2ccc(Br)cc2)C(=O)N1Cc1ccc(Cl)cc1. The van der Waals surface area contributed by atoms with E-state index in [1.807, 2.05) is 36.4 Å². The Morgan fingerprint density at radius 1 is 1.04 bits per heavy atom. The summed E-state index contributed by atoms with van der Waals surface area (Å²) in [5.74, 6) is -0.266. The summed E-state index contributed by atoms with van der Waals surface area (Å²) in [4.78, 5) is 26.2. The van der Waals surface area contributed by atoms with Crippen molar-refractivity contribution in [2.75, 3.05) is 0 Å². The molecular weight excluding hydrogens is 398 g/mol. The van der Waals surface area contributed by atoms with Gasteiger partial charge in [-0.15, -0.1) is 0 Å². The second-order valence-corrected chi connectivity index (χ2v) is 7.29. The molecule has 0 atom stereocenters. The first-order valence-electron chi connectivity index (χ1n) is 6.78. The number of hydrogen-bond acceptors (Lipinski definition) is 3. The van der Waals surface area contributed by atoms with E-state index in [9.17, 15) is 9.59 Å². The molecule has 0 saturated carbocycles. The summed E-state index contributed by atoms with van der Waals surface area (Å²) in [6, 6.07) is 14.7. The summed E-state index contributed by atoms with van der Waals surface area (Å²) in [6.07, 6.45) is 1.74. The lowest BCUT2D eigenvalue weighted by Crippen LogP contribution is -2.27. The van der Waals surface area contributed by atoms with Crippen LogP contribution >= 0.6 is 39.3 Å². The number of carbonyl (C=O) groups excluding carboxylic acids is 2. The summed E-state index contributed by atoms with van der Waals surface area (Å²) < 4.78 is 0.963. The zero-order valence-corrected chi connectivity index (χ0v) is 15.0. The van der Waals surface area contributed by atoms with Crippen molar-refractivity contribution in [3.05, 3.63) is 74.1 Å². The van der Waals surface area contributed by atoms with Gasteiger partial charge in [-0.05, 0) is 53.2 Å². The summed E-state index contributed by atoms with van der Waals surface area (Å²) >= 11 is 10.2. The molecule has 2 amide bonds. The molecule has 1 aliphatic rings. The number of hydrogen-bond donors (Lipinski definition) is 0. The van der Waals surface area contributed by atoms with E-state index in [1.54, 1.807) is 18.2 Å². The molecule has 2 aromatic carbocycles. The Hall–Kier alpha value is -1.56. The number of nitrogens with zero attached hydrogens (tertiary/aromatic N) is 1. The van der Waals surface area contributed by atoms with Gasteiger partial charge >= 0.3 is 0 Å². The predicted octanol–water partition coefficient (Wildman–Crippen LogP) is 5.34. The van der Waals surface area contributed by atoms with Crippen molar-refractivity contribution in [2.24, 2.45) is 0 Å². The average Bonchev–Trinajstić information content (AvgIpc) is 2.79. The van der Waals surface area contributed by atoms with E-state index >= 15 is 0 Å². The molecule has 1 heterocycles. The van der Waals surface area contributed by atoms with Crippen LogP contribution in [0.2, 0.25) is 5.02 Å². The van der Waals surface area contributed by atoms with Crippen LogP contribution in [-0.4, -0.2) is 16.0 Å². The zero-order chi connectivity index (χ0) is 16.4. The number of halogens is 2. The minimum atomic E-state index is -0.266. The van der Waals surface area contributed by atoms with Crippen LogP contribution in [0.25, 0.3) is 6.08 Å². The van der Waals surface area contributed by atoms with E-state index in [1.165, 1.54) is 4.90 Å². The quantitative estimate of drug-likeness (QED) is 0.643. The lowest BCUT2D eigenvalue weighted by Gasteiger charge is -2.12. The lowest BCUT2D eigenvalue weighted by molar-refractivity contribution is -0.123. The molecule has 3 rings (SSSR count). The topological polar surface area (TPSA) is 37.4 Å². The summed E-state index contributed by atoms with van der Waals surface area (Å²) in [5.41, 5.74) is 1.74. The highest BCUT2D eigenvalue weighted by atomic mass is 79.9. The van der Waals surface area contributed by atoms with Crippen molar-refractivity contribution in [1.82, 2.24) is 4.90 Å². The van der Waals surface area contributed by atoms with E-state index in [-0.39, 0.29) is 17.7 Å². The van der Waals surface area contributed by atoms with Crippen molar-refractivity contribution >= 4 is 56.5 Å². The first-order valence-corrected chi connectivity index (χ1v) is 8.77. The summed E-state index contributed by atoms with van der Waals surface area (Å²) in [7, 11) is 0. The molecule has 6 heteroatoms. The molecule has 0 spiro atoms. The molecule has 116 valence electrons. The number of benzene rings is 2. The lowest BCUT2D eigenvalue weighted by atomic mass is 10.2. The van der Waals surface area contributed by atoms with E-state index in [0.717, 1.165) is 27.4 Å². The maximum atomic E-state index is 12.4. The molecule has 23 heavy (non-hydrogen) atoms. The monoisotopic (exact) mass is 407 g/mol. The Kier molecular flexibility index (Phi) is 4.90. The highest BCUT2D eigenvalue weighted by Crippen LogP contribution is 2.33. The average molecular weight is 409 g/mol. The molecule has 2 aromatic rings. The molecule has 1 aliphatic heterocycles. The predicted molar refractivity (Wildman–Crippen MR) is 97.1 cm³/mol. The van der Waals surface area contributed by atoms with Crippen LogP contribution in [-0.2, 0) is 11.3 Å². The van der Waals surface area contributed by atoms with Gasteiger partial charge in [-0.25, -0.2) is 0 Å². The fraction of sp³-hybridized carbons (Fsp3) is 0.0588. The van der Waals surface area contributed by atoms with E-state index in [0.29, 0.717) is 9.93 Å². The number of carbonyl (C=O) groups is 2. The molecule has 0 N–H and O–H groups in total. The molecule has 3 nitrogen and oxygen atoms in total. The van der Waals surface area contributed by atoms with Gasteiger partial charge in [0.25, 0.3) is 11.1 Å². The van der Waals surface area contributed by atoms with Gasteiger partial charge in [0.2, 0.25) is 0 Å². The van der Waals surface area contributed by atoms with Crippen LogP contribution in [0, 0.1) is 0 Å². The Labute approximate surface area is 151 Å². The van der Waals surface area contributed by atoms with Crippen LogP contribution in [0.15, 0.2) is 57.9 Å². The molecular formula is C17H11BrClNO2S. The second kappa shape index (κ2) is 6.91.